The number of hydrogen-bond donors (Lipinski definition) is 1. The summed E-state index contributed by atoms with van der Waals surface area (Å²) in [5.74, 6) is 3.18. The van der Waals surface area contributed by atoms with Crippen LogP contribution in [-0.2, 0) is 0 Å². The van der Waals surface area contributed by atoms with Crippen LogP contribution in [0.25, 0.3) is 0 Å². The van der Waals surface area contributed by atoms with Gasteiger partial charge in [0, 0.05) is 32.1 Å². The summed E-state index contributed by atoms with van der Waals surface area (Å²) < 4.78 is 0. The molecule has 5 heteroatoms. The van der Waals surface area contributed by atoms with E-state index < -0.39 is 0 Å². The van der Waals surface area contributed by atoms with Gasteiger partial charge in [-0.1, -0.05) is 0 Å². The van der Waals surface area contributed by atoms with Gasteiger partial charge in [0.25, 0.3) is 0 Å². The number of rotatable bonds is 5. The van der Waals surface area contributed by atoms with Gasteiger partial charge in [-0.25, -0.2) is 9.97 Å². The van der Waals surface area contributed by atoms with Crippen molar-refractivity contribution in [2.45, 2.75) is 38.1 Å². The third-order valence-electron chi connectivity index (χ3n) is 3.34. The van der Waals surface area contributed by atoms with Crippen LogP contribution in [0.5, 0.6) is 0 Å². The average molecular weight is 245 g/mol. The topological polar surface area (TPSA) is 64.8 Å². The molecule has 2 rings (SSSR count). The third-order valence-corrected chi connectivity index (χ3v) is 3.34. The van der Waals surface area contributed by atoms with E-state index >= 15 is 0 Å². The summed E-state index contributed by atoms with van der Waals surface area (Å²) in [7, 11) is 3.84. The van der Waals surface area contributed by atoms with Crippen LogP contribution in [0.1, 0.15) is 37.9 Å². The Morgan fingerprint density at radius 3 is 2.83 bits per heavy atom. The lowest BCUT2D eigenvalue weighted by molar-refractivity contribution is 0.689. The number of aromatic nitrogens is 2. The Labute approximate surface area is 108 Å². The number of nitrogens with zero attached hydrogens (tertiary/aromatic N) is 4. The highest BCUT2D eigenvalue weighted by atomic mass is 15.2. The second kappa shape index (κ2) is 5.21. The molecule has 1 atom stereocenters. The summed E-state index contributed by atoms with van der Waals surface area (Å²) in [5, 5.41) is 11.8. The van der Waals surface area contributed by atoms with Gasteiger partial charge in [-0.05, 0) is 19.8 Å². The molecule has 0 aliphatic heterocycles. The lowest BCUT2D eigenvalue weighted by Gasteiger charge is -2.24. The molecule has 1 saturated carbocycles. The van der Waals surface area contributed by atoms with Gasteiger partial charge < -0.3 is 10.2 Å². The molecule has 1 aliphatic carbocycles. The molecule has 1 aliphatic rings. The van der Waals surface area contributed by atoms with Crippen LogP contribution in [-0.4, -0.2) is 30.1 Å². The molecule has 1 aromatic rings. The smallest absolute Gasteiger partial charge is 0.136 e. The van der Waals surface area contributed by atoms with E-state index in [2.05, 4.69) is 21.4 Å². The first-order valence-electron chi connectivity index (χ1n) is 6.32. The zero-order chi connectivity index (χ0) is 13.1. The zero-order valence-corrected chi connectivity index (χ0v) is 11.1. The normalized spacial score (nSPS) is 15.9. The predicted octanol–water partition coefficient (Wildman–Crippen LogP) is 2.13. The van der Waals surface area contributed by atoms with Crippen LogP contribution in [0.4, 0.5) is 11.6 Å². The maximum atomic E-state index is 8.76. The van der Waals surface area contributed by atoms with Crippen LogP contribution in [0.15, 0.2) is 6.07 Å². The first-order valence-corrected chi connectivity index (χ1v) is 6.32. The molecule has 1 unspecified atom stereocenters. The largest absolute Gasteiger partial charge is 0.373 e. The van der Waals surface area contributed by atoms with E-state index in [-0.39, 0.29) is 6.04 Å². The fourth-order valence-electron chi connectivity index (χ4n) is 1.78. The Bertz CT molecular complexity index is 461. The van der Waals surface area contributed by atoms with Crippen molar-refractivity contribution in [3.05, 3.63) is 11.9 Å². The van der Waals surface area contributed by atoms with Crippen molar-refractivity contribution in [3.8, 4) is 6.07 Å². The maximum absolute atomic E-state index is 8.76. The van der Waals surface area contributed by atoms with E-state index in [4.69, 9.17) is 5.26 Å². The Kier molecular flexibility index (Phi) is 3.66. The summed E-state index contributed by atoms with van der Waals surface area (Å²) >= 11 is 0. The Hall–Kier alpha value is -1.83. The SMILES string of the molecule is CNc1cc(N(C)C(C)CC#N)nc(C2CC2)n1. The summed E-state index contributed by atoms with van der Waals surface area (Å²) in [6, 6.07) is 4.28. The minimum absolute atomic E-state index is 0.154. The van der Waals surface area contributed by atoms with Gasteiger partial charge in [0.1, 0.15) is 17.5 Å². The molecule has 0 aromatic carbocycles. The fraction of sp³-hybridized carbons (Fsp3) is 0.615. The van der Waals surface area contributed by atoms with Crippen molar-refractivity contribution < 1.29 is 0 Å². The quantitative estimate of drug-likeness (QED) is 0.861. The molecule has 18 heavy (non-hydrogen) atoms. The molecule has 0 saturated heterocycles. The maximum Gasteiger partial charge on any atom is 0.136 e. The summed E-state index contributed by atoms with van der Waals surface area (Å²) in [6.07, 6.45) is 2.86. The number of hydrogen-bond acceptors (Lipinski definition) is 5. The molecule has 0 radical (unpaired) electrons. The van der Waals surface area contributed by atoms with Gasteiger partial charge >= 0.3 is 0 Å². The van der Waals surface area contributed by atoms with Crippen molar-refractivity contribution >= 4 is 11.6 Å². The summed E-state index contributed by atoms with van der Waals surface area (Å²) in [4.78, 5) is 11.1. The van der Waals surface area contributed by atoms with E-state index in [9.17, 15) is 0 Å². The monoisotopic (exact) mass is 245 g/mol. The number of nitrogens with one attached hydrogen (secondary N) is 1. The molecule has 1 aromatic heterocycles. The number of anilines is 2. The molecule has 1 fully saturated rings. The predicted molar refractivity (Wildman–Crippen MR) is 71.6 cm³/mol. The molecular weight excluding hydrogens is 226 g/mol. The molecule has 0 bridgehead atoms. The van der Waals surface area contributed by atoms with Crippen LogP contribution >= 0.6 is 0 Å². The first kappa shape index (κ1) is 12.6. The second-order valence-corrected chi connectivity index (χ2v) is 4.82. The van der Waals surface area contributed by atoms with E-state index in [1.165, 1.54) is 12.8 Å². The van der Waals surface area contributed by atoms with Crippen LogP contribution in [0.3, 0.4) is 0 Å². The fourth-order valence-corrected chi connectivity index (χ4v) is 1.78. The van der Waals surface area contributed by atoms with Crippen LogP contribution in [0, 0.1) is 11.3 Å². The average Bonchev–Trinajstić information content (AvgIpc) is 3.21. The highest BCUT2D eigenvalue weighted by Crippen LogP contribution is 2.39. The van der Waals surface area contributed by atoms with Crippen LogP contribution in [0.2, 0.25) is 0 Å². The molecule has 1 heterocycles. The van der Waals surface area contributed by atoms with Crippen molar-refractivity contribution in [3.63, 3.8) is 0 Å². The Morgan fingerprint density at radius 2 is 2.28 bits per heavy atom. The minimum atomic E-state index is 0.154. The van der Waals surface area contributed by atoms with Gasteiger partial charge in [-0.15, -0.1) is 0 Å². The lowest BCUT2D eigenvalue weighted by atomic mass is 10.2. The van der Waals surface area contributed by atoms with Crippen molar-refractivity contribution in [1.82, 2.24) is 9.97 Å². The third kappa shape index (κ3) is 2.70. The highest BCUT2D eigenvalue weighted by molar-refractivity contribution is 5.50. The summed E-state index contributed by atoms with van der Waals surface area (Å²) in [5.41, 5.74) is 0. The molecule has 5 nitrogen and oxygen atoms in total. The minimum Gasteiger partial charge on any atom is -0.373 e. The van der Waals surface area contributed by atoms with Gasteiger partial charge in [0.15, 0.2) is 0 Å². The van der Waals surface area contributed by atoms with Crippen molar-refractivity contribution in [2.75, 3.05) is 24.3 Å². The van der Waals surface area contributed by atoms with Gasteiger partial charge in [-0.3, -0.25) is 0 Å². The van der Waals surface area contributed by atoms with Gasteiger partial charge in [0.05, 0.1) is 12.5 Å². The van der Waals surface area contributed by atoms with E-state index in [1.54, 1.807) is 0 Å². The van der Waals surface area contributed by atoms with E-state index in [0.29, 0.717) is 12.3 Å². The van der Waals surface area contributed by atoms with Crippen molar-refractivity contribution in [1.29, 1.82) is 5.26 Å². The molecule has 96 valence electrons. The number of nitriles is 1. The second-order valence-electron chi connectivity index (χ2n) is 4.82. The first-order chi connectivity index (χ1) is 8.65. The molecule has 1 N–H and O–H groups in total. The zero-order valence-electron chi connectivity index (χ0n) is 11.1. The Balaban J connectivity index is 2.25. The van der Waals surface area contributed by atoms with Crippen molar-refractivity contribution in [2.24, 2.45) is 0 Å². The van der Waals surface area contributed by atoms with Gasteiger partial charge in [0.2, 0.25) is 0 Å². The molecular formula is C13H19N5. The highest BCUT2D eigenvalue weighted by Gasteiger charge is 2.28. The summed E-state index contributed by atoms with van der Waals surface area (Å²) in [6.45, 7) is 2.03. The Morgan fingerprint density at radius 1 is 1.56 bits per heavy atom. The molecule has 0 amide bonds. The lowest BCUT2D eigenvalue weighted by Crippen LogP contribution is -2.29. The van der Waals surface area contributed by atoms with E-state index in [1.807, 2.05) is 32.0 Å². The molecule has 0 spiro atoms. The van der Waals surface area contributed by atoms with Gasteiger partial charge in [-0.2, -0.15) is 5.26 Å². The van der Waals surface area contributed by atoms with Crippen LogP contribution < -0.4 is 10.2 Å². The van der Waals surface area contributed by atoms with E-state index in [0.717, 1.165) is 17.5 Å². The standard InChI is InChI=1S/C13H19N5/c1-9(6-7-14)18(3)12-8-11(15-2)16-13(17-12)10-4-5-10/h8-10H,4-6H2,1-3H3,(H,15,16,17).